The Labute approximate surface area is 378 Å². The monoisotopic (exact) mass is 855 g/mol. The van der Waals surface area contributed by atoms with Gasteiger partial charge < -0.3 is 14.2 Å². The van der Waals surface area contributed by atoms with E-state index in [1.165, 1.54) is 135 Å². The van der Waals surface area contributed by atoms with Crippen LogP contribution < -0.4 is 0 Å². The molecule has 0 aromatic rings. The van der Waals surface area contributed by atoms with Gasteiger partial charge in [0.15, 0.2) is 6.10 Å². The first-order valence-electron chi connectivity index (χ1n) is 26.1. The average Bonchev–Trinajstić information content (AvgIpc) is 3.26. The molecule has 6 nitrogen and oxygen atoms in total. The second-order valence-corrected chi connectivity index (χ2v) is 17.4. The molecule has 0 N–H and O–H groups in total. The Morgan fingerprint density at radius 2 is 0.639 bits per heavy atom. The van der Waals surface area contributed by atoms with Crippen LogP contribution in [-0.4, -0.2) is 37.2 Å². The zero-order chi connectivity index (χ0) is 44.4. The molecule has 0 aliphatic rings. The predicted octanol–water partition coefficient (Wildman–Crippen LogP) is 17.1. The molecule has 0 heterocycles. The molecule has 0 amide bonds. The standard InChI is InChI=1S/C55H98O6/c1-4-7-10-13-16-19-22-25-27-28-31-33-36-39-42-45-48-54(57)60-51-52(50-59-53(56)47-44-41-38-35-32-29-24-21-18-15-12-9-6-3)61-55(58)49-46-43-40-37-34-30-26-23-20-17-14-11-8-5-2/h7,10,16,19,25,27,31,33,52H,4-6,8-9,11-15,17-18,20-24,26,28-30,32,34-51H2,1-3H3/b10-7-,19-16-,27-25-,33-31-. The van der Waals surface area contributed by atoms with Gasteiger partial charge in [-0.3, -0.25) is 14.4 Å². The van der Waals surface area contributed by atoms with Gasteiger partial charge in [-0.2, -0.15) is 0 Å². The number of esters is 3. The van der Waals surface area contributed by atoms with Crippen molar-refractivity contribution < 1.29 is 28.6 Å². The summed E-state index contributed by atoms with van der Waals surface area (Å²) in [6.45, 7) is 6.52. The Bertz CT molecular complexity index is 1070. The summed E-state index contributed by atoms with van der Waals surface area (Å²) in [6.07, 6.45) is 59.5. The van der Waals surface area contributed by atoms with Gasteiger partial charge >= 0.3 is 17.9 Å². The van der Waals surface area contributed by atoms with Crippen LogP contribution in [0.4, 0.5) is 0 Å². The number of carbonyl (C=O) groups excluding carboxylic acids is 3. The molecule has 0 bridgehead atoms. The average molecular weight is 855 g/mol. The second-order valence-electron chi connectivity index (χ2n) is 17.4. The highest BCUT2D eigenvalue weighted by atomic mass is 16.6. The number of hydrogen-bond acceptors (Lipinski definition) is 6. The number of hydrogen-bond donors (Lipinski definition) is 0. The summed E-state index contributed by atoms with van der Waals surface area (Å²) in [7, 11) is 0. The van der Waals surface area contributed by atoms with Crippen LogP contribution in [-0.2, 0) is 28.6 Å². The van der Waals surface area contributed by atoms with Gasteiger partial charge in [-0.1, -0.05) is 236 Å². The highest BCUT2D eigenvalue weighted by Crippen LogP contribution is 2.16. The van der Waals surface area contributed by atoms with E-state index in [9.17, 15) is 14.4 Å². The molecule has 0 radical (unpaired) electrons. The lowest BCUT2D eigenvalue weighted by Crippen LogP contribution is -2.30. The molecule has 6 heteroatoms. The predicted molar refractivity (Wildman–Crippen MR) is 261 cm³/mol. The molecule has 0 spiro atoms. The zero-order valence-electron chi connectivity index (χ0n) is 40.4. The molecule has 0 aliphatic carbocycles. The Morgan fingerprint density at radius 3 is 1.00 bits per heavy atom. The lowest BCUT2D eigenvalue weighted by atomic mass is 10.0. The number of ether oxygens (including phenoxy) is 3. The van der Waals surface area contributed by atoms with Gasteiger partial charge in [0.1, 0.15) is 13.2 Å². The van der Waals surface area contributed by atoms with E-state index < -0.39 is 6.10 Å². The maximum atomic E-state index is 12.8. The fraction of sp³-hybridized carbons (Fsp3) is 0.800. The molecule has 354 valence electrons. The third-order valence-corrected chi connectivity index (χ3v) is 11.3. The van der Waals surface area contributed by atoms with E-state index in [1.807, 2.05) is 0 Å². The van der Waals surface area contributed by atoms with Gasteiger partial charge in [-0.05, 0) is 57.8 Å². The Balaban J connectivity index is 4.40. The van der Waals surface area contributed by atoms with Gasteiger partial charge in [0.05, 0.1) is 0 Å². The third kappa shape index (κ3) is 48.3. The van der Waals surface area contributed by atoms with Crippen LogP contribution in [0.5, 0.6) is 0 Å². The van der Waals surface area contributed by atoms with Crippen molar-refractivity contribution in [1.82, 2.24) is 0 Å². The van der Waals surface area contributed by atoms with Crippen LogP contribution in [0.15, 0.2) is 48.6 Å². The number of allylic oxidation sites excluding steroid dienone is 8. The van der Waals surface area contributed by atoms with Gasteiger partial charge in [0.2, 0.25) is 0 Å². The molecule has 0 aromatic carbocycles. The van der Waals surface area contributed by atoms with Crippen LogP contribution >= 0.6 is 0 Å². The number of carbonyl (C=O) groups is 3. The molecule has 1 atom stereocenters. The molecule has 61 heavy (non-hydrogen) atoms. The topological polar surface area (TPSA) is 78.9 Å². The van der Waals surface area contributed by atoms with E-state index in [2.05, 4.69) is 69.4 Å². The Morgan fingerprint density at radius 1 is 0.344 bits per heavy atom. The van der Waals surface area contributed by atoms with Crippen molar-refractivity contribution in [1.29, 1.82) is 0 Å². The van der Waals surface area contributed by atoms with Crippen LogP contribution in [0.25, 0.3) is 0 Å². The van der Waals surface area contributed by atoms with Gasteiger partial charge in [-0.25, -0.2) is 0 Å². The minimum absolute atomic E-state index is 0.0795. The molecule has 0 saturated carbocycles. The molecule has 0 saturated heterocycles. The van der Waals surface area contributed by atoms with Crippen molar-refractivity contribution in [3.05, 3.63) is 48.6 Å². The largest absolute Gasteiger partial charge is 0.462 e. The van der Waals surface area contributed by atoms with Gasteiger partial charge in [0.25, 0.3) is 0 Å². The molecule has 0 aliphatic heterocycles. The maximum absolute atomic E-state index is 12.8. The summed E-state index contributed by atoms with van der Waals surface area (Å²) in [5.41, 5.74) is 0. The van der Waals surface area contributed by atoms with E-state index in [0.29, 0.717) is 19.3 Å². The van der Waals surface area contributed by atoms with Crippen molar-refractivity contribution in [2.75, 3.05) is 13.2 Å². The molecule has 1 unspecified atom stereocenters. The molecule has 0 rings (SSSR count). The lowest BCUT2D eigenvalue weighted by molar-refractivity contribution is -0.167. The van der Waals surface area contributed by atoms with E-state index in [-0.39, 0.29) is 31.1 Å². The fourth-order valence-electron chi connectivity index (χ4n) is 7.43. The Hall–Kier alpha value is -2.63. The minimum atomic E-state index is -0.781. The maximum Gasteiger partial charge on any atom is 0.306 e. The quantitative estimate of drug-likeness (QED) is 0.0263. The highest BCUT2D eigenvalue weighted by molar-refractivity contribution is 5.71. The van der Waals surface area contributed by atoms with E-state index in [1.54, 1.807) is 0 Å². The fourth-order valence-corrected chi connectivity index (χ4v) is 7.43. The van der Waals surface area contributed by atoms with E-state index in [4.69, 9.17) is 14.2 Å². The summed E-state index contributed by atoms with van der Waals surface area (Å²) in [5.74, 6) is -0.901. The first-order valence-corrected chi connectivity index (χ1v) is 26.1. The van der Waals surface area contributed by atoms with E-state index >= 15 is 0 Å². The van der Waals surface area contributed by atoms with Crippen LogP contribution in [0, 0.1) is 0 Å². The molecule has 0 fully saturated rings. The van der Waals surface area contributed by atoms with Crippen LogP contribution in [0.1, 0.15) is 265 Å². The van der Waals surface area contributed by atoms with Crippen LogP contribution in [0.2, 0.25) is 0 Å². The van der Waals surface area contributed by atoms with Gasteiger partial charge in [0, 0.05) is 19.3 Å². The first-order chi connectivity index (χ1) is 30.0. The van der Waals surface area contributed by atoms with Crippen molar-refractivity contribution >= 4 is 17.9 Å². The Kier molecular flexibility index (Phi) is 47.9. The second kappa shape index (κ2) is 50.0. The summed E-state index contributed by atoms with van der Waals surface area (Å²) >= 11 is 0. The normalized spacial score (nSPS) is 12.4. The van der Waals surface area contributed by atoms with E-state index in [0.717, 1.165) is 89.9 Å². The third-order valence-electron chi connectivity index (χ3n) is 11.3. The van der Waals surface area contributed by atoms with Crippen molar-refractivity contribution in [3.63, 3.8) is 0 Å². The van der Waals surface area contributed by atoms with Crippen molar-refractivity contribution in [2.45, 2.75) is 271 Å². The summed E-state index contributed by atoms with van der Waals surface area (Å²) in [5, 5.41) is 0. The van der Waals surface area contributed by atoms with Gasteiger partial charge in [-0.15, -0.1) is 0 Å². The zero-order valence-corrected chi connectivity index (χ0v) is 40.4. The summed E-state index contributed by atoms with van der Waals surface area (Å²) in [4.78, 5) is 38.0. The molecular weight excluding hydrogens is 757 g/mol. The first kappa shape index (κ1) is 58.4. The summed E-state index contributed by atoms with van der Waals surface area (Å²) < 4.78 is 16.8. The molecular formula is C55H98O6. The smallest absolute Gasteiger partial charge is 0.306 e. The lowest BCUT2D eigenvalue weighted by Gasteiger charge is -2.18. The highest BCUT2D eigenvalue weighted by Gasteiger charge is 2.19. The van der Waals surface area contributed by atoms with Crippen molar-refractivity contribution in [2.24, 2.45) is 0 Å². The van der Waals surface area contributed by atoms with Crippen molar-refractivity contribution in [3.8, 4) is 0 Å². The minimum Gasteiger partial charge on any atom is -0.462 e. The molecule has 0 aromatic heterocycles. The number of unbranched alkanes of at least 4 members (excludes halogenated alkanes) is 28. The SMILES string of the molecule is CC/C=C\C/C=C\C/C=C\C/C=C\CCCCCC(=O)OCC(COC(=O)CCCCCCCCCCCCCCC)OC(=O)CCCCCCCCCCCCCCCC. The number of rotatable bonds is 47. The summed E-state index contributed by atoms with van der Waals surface area (Å²) in [6, 6.07) is 0. The van der Waals surface area contributed by atoms with Crippen LogP contribution in [0.3, 0.4) is 0 Å².